The van der Waals surface area contributed by atoms with Crippen LogP contribution in [0.15, 0.2) is 69.3 Å². The number of nitrogens with zero attached hydrogens (tertiary/aromatic N) is 4. The van der Waals surface area contributed by atoms with Crippen LogP contribution in [0.2, 0.25) is 0 Å². The van der Waals surface area contributed by atoms with Crippen molar-refractivity contribution in [2.24, 2.45) is 5.16 Å². The highest BCUT2D eigenvalue weighted by Crippen LogP contribution is 2.40. The minimum atomic E-state index is -1.28. The third-order valence-electron chi connectivity index (χ3n) is 6.12. The standard InChI is InChI=1S/C24H20N6O7S2/c25-24-26-14(10-39-24)17(28-37)20(33)27-18-21(34)30-19(23(35)36)12(9-38-22(18)30)2-1-4-29-5-3-11-6-15(31)16(32)7-13(11)8-29/h1-3,5-8,10,18,22,32,37H,4,9H2,(H2,25,26)(H,27,33)(H,35,36)/b2-1+,28-17-/t18?,22-/m1/s1. The Morgan fingerprint density at radius 2 is 2.08 bits per heavy atom. The molecule has 4 aliphatic rings. The molecule has 1 aromatic heterocycles. The van der Waals surface area contributed by atoms with Crippen molar-refractivity contribution >= 4 is 51.7 Å². The number of nitrogen functional groups attached to an aromatic ring is 1. The maximum Gasteiger partial charge on any atom is 0.352 e. The number of carbonyl (C=O) groups is 3. The van der Waals surface area contributed by atoms with Crippen LogP contribution in [-0.2, 0) is 20.9 Å². The molecule has 6 N–H and O–H groups in total. The fourth-order valence-corrected chi connectivity index (χ4v) is 6.14. The number of thioether (sulfide) groups is 1. The van der Waals surface area contributed by atoms with Crippen molar-refractivity contribution < 1.29 is 29.8 Å². The molecule has 1 unspecified atom stereocenters. The molecule has 0 radical (unpaired) electrons. The number of aromatic nitrogens is 2. The molecule has 0 saturated carbocycles. The highest BCUT2D eigenvalue weighted by Gasteiger charge is 2.54. The minimum Gasteiger partial charge on any atom is -0.504 e. The molecule has 0 aromatic carbocycles. The van der Waals surface area contributed by atoms with Crippen LogP contribution in [0.25, 0.3) is 11.1 Å². The number of anilines is 1. The lowest BCUT2D eigenvalue weighted by Crippen LogP contribution is -2.71. The number of fused-ring (bicyclic) bond motifs is 2. The zero-order chi connectivity index (χ0) is 27.8. The quantitative estimate of drug-likeness (QED) is 0.118. The number of amides is 2. The van der Waals surface area contributed by atoms with Crippen LogP contribution in [0.4, 0.5) is 5.13 Å². The van der Waals surface area contributed by atoms with E-state index in [-0.39, 0.29) is 28.0 Å². The number of nitrogens with one attached hydrogen (secondary N) is 1. The second-order valence-electron chi connectivity index (χ2n) is 8.55. The largest absolute Gasteiger partial charge is 0.504 e. The number of benzene rings is 1. The molecule has 1 fully saturated rings. The number of carbonyl (C=O) groups excluding carboxylic acids is 2. The molecule has 1 aliphatic carbocycles. The van der Waals surface area contributed by atoms with Crippen LogP contribution in [0, 0.1) is 0 Å². The third-order valence-corrected chi connectivity index (χ3v) is 8.09. The minimum absolute atomic E-state index is 0.0483. The average molecular weight is 569 g/mol. The van der Waals surface area contributed by atoms with E-state index in [2.05, 4.69) is 15.5 Å². The maximum atomic E-state index is 12.9. The maximum absolute atomic E-state index is 12.9. The van der Waals surface area contributed by atoms with Crippen molar-refractivity contribution in [3.63, 3.8) is 0 Å². The molecule has 13 nitrogen and oxygen atoms in total. The number of allylic oxidation sites excluding steroid dienone is 2. The smallest absolute Gasteiger partial charge is 0.352 e. The molecule has 15 heteroatoms. The molecule has 0 spiro atoms. The van der Waals surface area contributed by atoms with Gasteiger partial charge in [0, 0.05) is 35.6 Å². The van der Waals surface area contributed by atoms with Gasteiger partial charge >= 0.3 is 5.97 Å². The number of thiazole rings is 1. The van der Waals surface area contributed by atoms with Gasteiger partial charge in [-0.1, -0.05) is 17.3 Å². The first kappa shape index (κ1) is 26.0. The summed E-state index contributed by atoms with van der Waals surface area (Å²) < 4.78 is 1.79. The summed E-state index contributed by atoms with van der Waals surface area (Å²) in [4.78, 5) is 54.3. The van der Waals surface area contributed by atoms with Gasteiger partial charge in [-0.05, 0) is 29.3 Å². The van der Waals surface area contributed by atoms with Crippen LogP contribution in [0.5, 0.6) is 5.75 Å². The number of phenolic OH excluding ortho intramolecular Hbond substituents is 1. The van der Waals surface area contributed by atoms with Crippen molar-refractivity contribution in [3.05, 3.63) is 75.3 Å². The molecule has 1 saturated heterocycles. The Bertz CT molecular complexity index is 1620. The zero-order valence-electron chi connectivity index (χ0n) is 19.8. The highest BCUT2D eigenvalue weighted by atomic mass is 32.2. The average Bonchev–Trinajstić information content (AvgIpc) is 3.33. The van der Waals surface area contributed by atoms with Crippen LogP contribution in [0.3, 0.4) is 0 Å². The van der Waals surface area contributed by atoms with Gasteiger partial charge in [0.2, 0.25) is 5.43 Å². The summed E-state index contributed by atoms with van der Waals surface area (Å²) in [5.41, 5.74) is 6.32. The van der Waals surface area contributed by atoms with Gasteiger partial charge in [0.1, 0.15) is 22.8 Å². The number of pyridine rings is 1. The number of carboxylic acids is 1. The van der Waals surface area contributed by atoms with Gasteiger partial charge in [0.25, 0.3) is 11.8 Å². The third kappa shape index (κ3) is 4.84. The summed E-state index contributed by atoms with van der Waals surface area (Å²) in [6, 6.07) is 3.44. The summed E-state index contributed by atoms with van der Waals surface area (Å²) in [5, 5.41) is 35.3. The monoisotopic (exact) mass is 568 g/mol. The summed E-state index contributed by atoms with van der Waals surface area (Å²) in [7, 11) is 0. The number of nitrogens with two attached hydrogens (primary N) is 1. The van der Waals surface area contributed by atoms with Gasteiger partial charge in [0.15, 0.2) is 16.6 Å². The molecule has 39 heavy (non-hydrogen) atoms. The van der Waals surface area contributed by atoms with E-state index in [0.29, 0.717) is 23.2 Å². The van der Waals surface area contributed by atoms with E-state index < -0.39 is 40.3 Å². The number of aromatic hydroxyl groups is 1. The Hall–Kier alpha value is -4.63. The number of hydrogen-bond acceptors (Lipinski definition) is 11. The predicted molar refractivity (Wildman–Crippen MR) is 143 cm³/mol. The van der Waals surface area contributed by atoms with Crippen molar-refractivity contribution in [2.45, 2.75) is 18.0 Å². The van der Waals surface area contributed by atoms with Crippen LogP contribution < -0.4 is 16.5 Å². The first-order chi connectivity index (χ1) is 18.7. The predicted octanol–water partition coefficient (Wildman–Crippen LogP) is 0.871. The van der Waals surface area contributed by atoms with Crippen molar-refractivity contribution in [1.29, 1.82) is 0 Å². The first-order valence-corrected chi connectivity index (χ1v) is 13.3. The van der Waals surface area contributed by atoms with Gasteiger partial charge in [-0.15, -0.1) is 23.1 Å². The number of rotatable bonds is 7. The molecule has 3 aliphatic heterocycles. The summed E-state index contributed by atoms with van der Waals surface area (Å²) in [5.74, 6) is -2.82. The zero-order valence-corrected chi connectivity index (χ0v) is 21.5. The molecule has 1 aromatic rings. The summed E-state index contributed by atoms with van der Waals surface area (Å²) in [6.07, 6.45) is 6.86. The second kappa shape index (κ2) is 10.3. The molecule has 5 rings (SSSR count). The number of aliphatic carboxylic acids is 1. The van der Waals surface area contributed by atoms with E-state index in [0.717, 1.165) is 16.2 Å². The van der Waals surface area contributed by atoms with Crippen molar-refractivity contribution in [3.8, 4) is 16.9 Å². The van der Waals surface area contributed by atoms with Crippen LogP contribution >= 0.6 is 23.1 Å². The Labute approximate surface area is 227 Å². The Morgan fingerprint density at radius 1 is 1.28 bits per heavy atom. The second-order valence-corrected chi connectivity index (χ2v) is 10.5. The molecule has 2 atom stereocenters. The normalized spacial score (nSPS) is 19.3. The van der Waals surface area contributed by atoms with E-state index in [1.54, 1.807) is 35.2 Å². The summed E-state index contributed by atoms with van der Waals surface area (Å²) in [6.45, 7) is 0.358. The fraction of sp³-hybridized carbons (Fsp3) is 0.167. The molecule has 2 amide bonds. The van der Waals surface area contributed by atoms with E-state index >= 15 is 0 Å². The number of carboxylic acid groups (broad SMARTS) is 1. The molecule has 0 bridgehead atoms. The van der Waals surface area contributed by atoms with Gasteiger partial charge in [-0.25, -0.2) is 9.78 Å². The van der Waals surface area contributed by atoms with Crippen LogP contribution in [0.1, 0.15) is 5.69 Å². The first-order valence-electron chi connectivity index (χ1n) is 11.3. The van der Waals surface area contributed by atoms with E-state index in [1.807, 2.05) is 0 Å². The van der Waals surface area contributed by atoms with Crippen LogP contribution in [-0.4, -0.2) is 70.5 Å². The lowest BCUT2D eigenvalue weighted by atomic mass is 10.0. The van der Waals surface area contributed by atoms with Gasteiger partial charge in [-0.2, -0.15) is 0 Å². The number of oxime groups is 1. The lowest BCUT2D eigenvalue weighted by Gasteiger charge is -2.49. The topological polar surface area (TPSA) is 200 Å². The molecule has 200 valence electrons. The van der Waals surface area contributed by atoms with E-state index in [4.69, 9.17) is 5.73 Å². The van der Waals surface area contributed by atoms with Gasteiger partial charge in [0.05, 0.1) is 0 Å². The molecular formula is C24H20N6O7S2. The van der Waals surface area contributed by atoms with Gasteiger partial charge < -0.3 is 31.0 Å². The Morgan fingerprint density at radius 3 is 2.77 bits per heavy atom. The Kier molecular flexibility index (Phi) is 6.84. The van der Waals surface area contributed by atoms with E-state index in [1.165, 1.54) is 29.3 Å². The Balaban J connectivity index is 1.30. The molecular weight excluding hydrogens is 548 g/mol. The van der Waals surface area contributed by atoms with Crippen molar-refractivity contribution in [1.82, 2.24) is 19.8 Å². The highest BCUT2D eigenvalue weighted by molar-refractivity contribution is 8.00. The summed E-state index contributed by atoms with van der Waals surface area (Å²) >= 11 is 2.33. The van der Waals surface area contributed by atoms with Gasteiger partial charge in [-0.3, -0.25) is 19.3 Å². The number of hydrogen-bond donors (Lipinski definition) is 5. The van der Waals surface area contributed by atoms with Crippen molar-refractivity contribution in [2.75, 3.05) is 11.5 Å². The number of β-lactam (4-membered cyclic amide) rings is 1. The molecule has 4 heterocycles. The SMILES string of the molecule is Nc1nc(/C(=N/O)C(=O)NC2C(=O)N3C(C(=O)O)=C(/C=C/Cn4ccc5cc(=O)c(O)cc-5c4)CS[C@H]23)cs1. The number of phenols is 1. The fourth-order valence-electron chi connectivity index (χ4n) is 4.27. The van der Waals surface area contributed by atoms with E-state index in [9.17, 15) is 34.6 Å². The lowest BCUT2D eigenvalue weighted by molar-refractivity contribution is -0.150.